The summed E-state index contributed by atoms with van der Waals surface area (Å²) >= 11 is 0. The van der Waals surface area contributed by atoms with Crippen LogP contribution in [-0.4, -0.2) is 44.5 Å². The van der Waals surface area contributed by atoms with Crippen LogP contribution in [0.2, 0.25) is 0 Å². The fourth-order valence-corrected chi connectivity index (χ4v) is 3.83. The minimum Gasteiger partial charge on any atom is -0.497 e. The fourth-order valence-electron chi connectivity index (χ4n) is 3.83. The summed E-state index contributed by atoms with van der Waals surface area (Å²) in [6.45, 7) is 7.44. The van der Waals surface area contributed by atoms with Crippen molar-refractivity contribution in [3.05, 3.63) is 53.6 Å². The van der Waals surface area contributed by atoms with Gasteiger partial charge in [0, 0.05) is 50.0 Å². The van der Waals surface area contributed by atoms with Gasteiger partial charge < -0.3 is 19.9 Å². The largest absolute Gasteiger partial charge is 0.497 e. The lowest BCUT2D eigenvalue weighted by Gasteiger charge is -2.28. The van der Waals surface area contributed by atoms with Crippen molar-refractivity contribution in [2.24, 2.45) is 5.92 Å². The van der Waals surface area contributed by atoms with Gasteiger partial charge in [0.1, 0.15) is 5.75 Å². The lowest BCUT2D eigenvalue weighted by Crippen LogP contribution is -2.36. The molecule has 6 heteroatoms. The standard InChI is InChI=1S/C26H37N3O3/c1-7-15-29(26(31)19(8-2)9-3)18-21-16-22(13-14-24(21)28(4)5)27-25(30)20-11-10-12-23(17-20)32-6/h10-14,16-17,19H,7-9,15,18H2,1-6H3,(H,27,30). The van der Waals surface area contributed by atoms with E-state index in [0.717, 1.165) is 30.5 Å². The molecule has 174 valence electrons. The number of carbonyl (C=O) groups is 2. The molecule has 0 radical (unpaired) electrons. The van der Waals surface area contributed by atoms with Crippen molar-refractivity contribution in [2.45, 2.75) is 46.6 Å². The van der Waals surface area contributed by atoms with E-state index in [1.54, 1.807) is 31.4 Å². The summed E-state index contributed by atoms with van der Waals surface area (Å²) in [6.07, 6.45) is 2.58. The van der Waals surface area contributed by atoms with Crippen LogP contribution in [0.15, 0.2) is 42.5 Å². The Bertz CT molecular complexity index is 907. The molecule has 0 saturated carbocycles. The normalized spacial score (nSPS) is 10.7. The highest BCUT2D eigenvalue weighted by Gasteiger charge is 2.22. The lowest BCUT2D eigenvalue weighted by atomic mass is 10.0. The predicted octanol–water partition coefficient (Wildman–Crippen LogP) is 5.19. The number of rotatable bonds is 11. The van der Waals surface area contributed by atoms with Gasteiger partial charge in [0.2, 0.25) is 5.91 Å². The highest BCUT2D eigenvalue weighted by Crippen LogP contribution is 2.26. The lowest BCUT2D eigenvalue weighted by molar-refractivity contribution is -0.136. The number of nitrogens with zero attached hydrogens (tertiary/aromatic N) is 2. The van der Waals surface area contributed by atoms with Crippen LogP contribution in [0.5, 0.6) is 5.75 Å². The Labute approximate surface area is 192 Å². The van der Waals surface area contributed by atoms with Crippen molar-refractivity contribution in [3.8, 4) is 5.75 Å². The second-order valence-electron chi connectivity index (χ2n) is 8.20. The second-order valence-corrected chi connectivity index (χ2v) is 8.20. The van der Waals surface area contributed by atoms with Gasteiger partial charge in [-0.25, -0.2) is 0 Å². The van der Waals surface area contributed by atoms with Crippen molar-refractivity contribution in [3.63, 3.8) is 0 Å². The number of nitrogens with one attached hydrogen (secondary N) is 1. The SMILES string of the molecule is CCCN(Cc1cc(NC(=O)c2cccc(OC)c2)ccc1N(C)C)C(=O)C(CC)CC. The van der Waals surface area contributed by atoms with Crippen LogP contribution in [0.1, 0.15) is 56.0 Å². The number of methoxy groups -OCH3 is 1. The highest BCUT2D eigenvalue weighted by molar-refractivity contribution is 6.04. The molecule has 2 aromatic rings. The first-order chi connectivity index (χ1) is 15.3. The Morgan fingerprint density at radius 1 is 1.03 bits per heavy atom. The van der Waals surface area contributed by atoms with E-state index in [0.29, 0.717) is 30.1 Å². The summed E-state index contributed by atoms with van der Waals surface area (Å²) in [4.78, 5) is 29.9. The molecule has 32 heavy (non-hydrogen) atoms. The minimum atomic E-state index is -0.203. The van der Waals surface area contributed by atoms with Crippen molar-refractivity contribution >= 4 is 23.2 Å². The number of benzene rings is 2. The van der Waals surface area contributed by atoms with Gasteiger partial charge in [0.15, 0.2) is 0 Å². The van der Waals surface area contributed by atoms with Crippen molar-refractivity contribution in [1.82, 2.24) is 4.90 Å². The van der Waals surface area contributed by atoms with E-state index in [1.807, 2.05) is 42.1 Å². The molecule has 0 bridgehead atoms. The quantitative estimate of drug-likeness (QED) is 0.523. The van der Waals surface area contributed by atoms with Crippen LogP contribution >= 0.6 is 0 Å². The first kappa shape index (κ1) is 25.2. The summed E-state index contributed by atoms with van der Waals surface area (Å²) in [6, 6.07) is 12.9. The molecule has 6 nitrogen and oxygen atoms in total. The number of anilines is 2. The summed E-state index contributed by atoms with van der Waals surface area (Å²) in [7, 11) is 5.55. The maximum absolute atomic E-state index is 13.1. The molecule has 2 amide bonds. The molecule has 1 N–H and O–H groups in total. The fraction of sp³-hybridized carbons (Fsp3) is 0.462. The Morgan fingerprint density at radius 3 is 2.34 bits per heavy atom. The van der Waals surface area contributed by atoms with E-state index in [2.05, 4.69) is 26.1 Å². The van der Waals surface area contributed by atoms with E-state index < -0.39 is 0 Å². The smallest absolute Gasteiger partial charge is 0.255 e. The van der Waals surface area contributed by atoms with E-state index >= 15 is 0 Å². The topological polar surface area (TPSA) is 61.9 Å². The third-order valence-electron chi connectivity index (χ3n) is 5.65. The number of carbonyl (C=O) groups excluding carboxylic acids is 2. The molecule has 2 rings (SSSR count). The van der Waals surface area contributed by atoms with Gasteiger partial charge in [0.05, 0.1) is 7.11 Å². The zero-order valence-electron chi connectivity index (χ0n) is 20.3. The predicted molar refractivity (Wildman–Crippen MR) is 131 cm³/mol. The Morgan fingerprint density at radius 2 is 1.75 bits per heavy atom. The average Bonchev–Trinajstić information content (AvgIpc) is 2.79. The van der Waals surface area contributed by atoms with Gasteiger partial charge in [-0.2, -0.15) is 0 Å². The third-order valence-corrected chi connectivity index (χ3v) is 5.65. The van der Waals surface area contributed by atoms with Crippen LogP contribution in [0.4, 0.5) is 11.4 Å². The zero-order valence-corrected chi connectivity index (χ0v) is 20.3. The van der Waals surface area contributed by atoms with Crippen LogP contribution in [0.3, 0.4) is 0 Å². The summed E-state index contributed by atoms with van der Waals surface area (Å²) < 4.78 is 5.22. The number of amides is 2. The Hall–Kier alpha value is -3.02. The van der Waals surface area contributed by atoms with Crippen LogP contribution in [-0.2, 0) is 11.3 Å². The molecular weight excluding hydrogens is 402 g/mol. The third kappa shape index (κ3) is 6.49. The van der Waals surface area contributed by atoms with Crippen LogP contribution < -0.4 is 15.0 Å². The molecule has 0 aliphatic carbocycles. The van der Waals surface area contributed by atoms with Gasteiger partial charge in [-0.15, -0.1) is 0 Å². The maximum Gasteiger partial charge on any atom is 0.255 e. The van der Waals surface area contributed by atoms with Crippen molar-refractivity contribution in [2.75, 3.05) is 38.0 Å². The van der Waals surface area contributed by atoms with E-state index in [-0.39, 0.29) is 17.7 Å². The van der Waals surface area contributed by atoms with E-state index in [9.17, 15) is 9.59 Å². The van der Waals surface area contributed by atoms with Gasteiger partial charge >= 0.3 is 0 Å². The highest BCUT2D eigenvalue weighted by atomic mass is 16.5. The summed E-state index contributed by atoms with van der Waals surface area (Å²) in [5.41, 5.74) is 3.26. The molecule has 0 aliphatic heterocycles. The van der Waals surface area contributed by atoms with Gasteiger partial charge in [0.25, 0.3) is 5.91 Å². The summed E-state index contributed by atoms with van der Waals surface area (Å²) in [5, 5.41) is 2.98. The van der Waals surface area contributed by atoms with Gasteiger partial charge in [-0.3, -0.25) is 9.59 Å². The minimum absolute atomic E-state index is 0.0419. The molecule has 2 aromatic carbocycles. The van der Waals surface area contributed by atoms with E-state index in [1.165, 1.54) is 0 Å². The second kappa shape index (κ2) is 12.1. The first-order valence-electron chi connectivity index (χ1n) is 11.4. The van der Waals surface area contributed by atoms with Gasteiger partial charge in [-0.1, -0.05) is 26.8 Å². The zero-order chi connectivity index (χ0) is 23.7. The van der Waals surface area contributed by atoms with Crippen molar-refractivity contribution in [1.29, 1.82) is 0 Å². The number of ether oxygens (including phenoxy) is 1. The molecule has 0 fully saturated rings. The molecule has 0 aromatic heterocycles. The molecule has 0 heterocycles. The number of hydrogen-bond donors (Lipinski definition) is 1. The molecule has 0 atom stereocenters. The summed E-state index contributed by atoms with van der Waals surface area (Å²) in [5.74, 6) is 0.676. The maximum atomic E-state index is 13.1. The Balaban J connectivity index is 2.31. The van der Waals surface area contributed by atoms with Crippen LogP contribution in [0, 0.1) is 5.92 Å². The van der Waals surface area contributed by atoms with Gasteiger partial charge in [-0.05, 0) is 61.2 Å². The molecular formula is C26H37N3O3. The molecule has 0 saturated heterocycles. The number of hydrogen-bond acceptors (Lipinski definition) is 4. The molecule has 0 aliphatic rings. The molecule has 0 unspecified atom stereocenters. The Kier molecular flexibility index (Phi) is 9.57. The average molecular weight is 440 g/mol. The molecule has 0 spiro atoms. The van der Waals surface area contributed by atoms with Crippen molar-refractivity contribution < 1.29 is 14.3 Å². The first-order valence-corrected chi connectivity index (χ1v) is 11.4. The monoisotopic (exact) mass is 439 g/mol. The van der Waals surface area contributed by atoms with E-state index in [4.69, 9.17) is 4.74 Å². The van der Waals surface area contributed by atoms with Crippen LogP contribution in [0.25, 0.3) is 0 Å².